The van der Waals surface area contributed by atoms with Crippen molar-refractivity contribution < 1.29 is 14.3 Å². The Morgan fingerprint density at radius 3 is 2.57 bits per heavy atom. The van der Waals surface area contributed by atoms with Crippen molar-refractivity contribution in [3.63, 3.8) is 0 Å². The van der Waals surface area contributed by atoms with Crippen LogP contribution in [0.2, 0.25) is 0 Å². The maximum atomic E-state index is 12.5. The van der Waals surface area contributed by atoms with Crippen LogP contribution in [-0.2, 0) is 14.3 Å². The SMILES string of the molecule is CC(=O)O[C@@H](C(=O)NC1CCCCC1)c1cccc(C)c1. The van der Waals surface area contributed by atoms with Gasteiger partial charge in [-0.2, -0.15) is 0 Å². The van der Waals surface area contributed by atoms with Crippen molar-refractivity contribution in [3.8, 4) is 0 Å². The quantitative estimate of drug-likeness (QED) is 0.867. The van der Waals surface area contributed by atoms with E-state index in [-0.39, 0.29) is 11.9 Å². The van der Waals surface area contributed by atoms with E-state index in [9.17, 15) is 9.59 Å². The van der Waals surface area contributed by atoms with Crippen LogP contribution in [0.5, 0.6) is 0 Å². The Labute approximate surface area is 125 Å². The summed E-state index contributed by atoms with van der Waals surface area (Å²) < 4.78 is 5.24. The van der Waals surface area contributed by atoms with Crippen LogP contribution in [0.15, 0.2) is 24.3 Å². The standard InChI is InChI=1S/C17H23NO3/c1-12-7-6-8-14(11-12)16(21-13(2)19)17(20)18-15-9-4-3-5-10-15/h6-8,11,15-16H,3-5,9-10H2,1-2H3,(H,18,20)/t16-/m1/s1. The predicted octanol–water partition coefficient (Wildman–Crippen LogP) is 3.05. The molecule has 1 N–H and O–H groups in total. The molecule has 0 radical (unpaired) electrons. The number of amides is 1. The fraction of sp³-hybridized carbons (Fsp3) is 0.529. The van der Waals surface area contributed by atoms with Crippen LogP contribution in [0.1, 0.15) is 56.3 Å². The number of carbonyl (C=O) groups excluding carboxylic acids is 2. The first-order chi connectivity index (χ1) is 10.1. The molecule has 4 heteroatoms. The van der Waals surface area contributed by atoms with Crippen LogP contribution in [0, 0.1) is 6.92 Å². The average molecular weight is 289 g/mol. The highest BCUT2D eigenvalue weighted by atomic mass is 16.5. The highest BCUT2D eigenvalue weighted by Crippen LogP contribution is 2.22. The van der Waals surface area contributed by atoms with Crippen molar-refractivity contribution in [2.75, 3.05) is 0 Å². The molecule has 1 aromatic carbocycles. The van der Waals surface area contributed by atoms with E-state index >= 15 is 0 Å². The molecule has 1 saturated carbocycles. The van der Waals surface area contributed by atoms with Gasteiger partial charge in [-0.15, -0.1) is 0 Å². The Hall–Kier alpha value is -1.84. The molecule has 1 amide bonds. The highest BCUT2D eigenvalue weighted by Gasteiger charge is 2.26. The van der Waals surface area contributed by atoms with Crippen LogP contribution in [-0.4, -0.2) is 17.9 Å². The number of esters is 1. The number of carbonyl (C=O) groups is 2. The van der Waals surface area contributed by atoms with Crippen LogP contribution < -0.4 is 5.32 Å². The normalized spacial score (nSPS) is 17.0. The first-order valence-electron chi connectivity index (χ1n) is 7.60. The second-order valence-electron chi connectivity index (χ2n) is 5.75. The molecule has 4 nitrogen and oxygen atoms in total. The Balaban J connectivity index is 2.11. The topological polar surface area (TPSA) is 55.4 Å². The highest BCUT2D eigenvalue weighted by molar-refractivity contribution is 5.84. The van der Waals surface area contributed by atoms with E-state index in [0.717, 1.165) is 36.8 Å². The summed E-state index contributed by atoms with van der Waals surface area (Å²) in [5.41, 5.74) is 1.76. The zero-order valence-corrected chi connectivity index (χ0v) is 12.7. The van der Waals surface area contributed by atoms with Gasteiger partial charge in [0.25, 0.3) is 5.91 Å². The number of nitrogens with one attached hydrogen (secondary N) is 1. The summed E-state index contributed by atoms with van der Waals surface area (Å²) in [5, 5.41) is 3.03. The van der Waals surface area contributed by atoms with Crippen molar-refractivity contribution in [3.05, 3.63) is 35.4 Å². The molecule has 0 heterocycles. The number of aryl methyl sites for hydroxylation is 1. The van der Waals surface area contributed by atoms with Crippen LogP contribution in [0.3, 0.4) is 0 Å². The van der Waals surface area contributed by atoms with Crippen molar-refractivity contribution >= 4 is 11.9 Å². The molecule has 0 bridgehead atoms. The molecule has 0 spiro atoms. The maximum absolute atomic E-state index is 12.5. The summed E-state index contributed by atoms with van der Waals surface area (Å²) in [4.78, 5) is 23.8. The summed E-state index contributed by atoms with van der Waals surface area (Å²) in [5.74, 6) is -0.664. The molecular formula is C17H23NO3. The van der Waals surface area contributed by atoms with Gasteiger partial charge in [-0.1, -0.05) is 49.1 Å². The number of benzene rings is 1. The second kappa shape index (κ2) is 7.25. The molecule has 0 aromatic heterocycles. The van der Waals surface area contributed by atoms with Crippen LogP contribution in [0.25, 0.3) is 0 Å². The van der Waals surface area contributed by atoms with E-state index in [0.29, 0.717) is 0 Å². The average Bonchev–Trinajstić information content (AvgIpc) is 2.45. The van der Waals surface area contributed by atoms with E-state index in [1.807, 2.05) is 31.2 Å². The Morgan fingerprint density at radius 1 is 1.24 bits per heavy atom. The van der Waals surface area contributed by atoms with E-state index in [4.69, 9.17) is 4.74 Å². The fourth-order valence-corrected chi connectivity index (χ4v) is 2.80. The molecule has 0 unspecified atom stereocenters. The third-order valence-electron chi connectivity index (χ3n) is 3.82. The second-order valence-corrected chi connectivity index (χ2v) is 5.75. The van der Waals surface area contributed by atoms with E-state index < -0.39 is 12.1 Å². The molecular weight excluding hydrogens is 266 g/mol. The number of hydrogen-bond donors (Lipinski definition) is 1. The van der Waals surface area contributed by atoms with Crippen molar-refractivity contribution in [1.29, 1.82) is 0 Å². The van der Waals surface area contributed by atoms with E-state index in [1.165, 1.54) is 13.3 Å². The smallest absolute Gasteiger partial charge is 0.303 e. The zero-order chi connectivity index (χ0) is 15.2. The first-order valence-corrected chi connectivity index (χ1v) is 7.60. The largest absolute Gasteiger partial charge is 0.447 e. The fourth-order valence-electron chi connectivity index (χ4n) is 2.80. The molecule has 1 aliphatic carbocycles. The van der Waals surface area contributed by atoms with Crippen molar-refractivity contribution in [1.82, 2.24) is 5.32 Å². The zero-order valence-electron chi connectivity index (χ0n) is 12.7. The number of ether oxygens (including phenoxy) is 1. The minimum atomic E-state index is -0.857. The number of hydrogen-bond acceptors (Lipinski definition) is 3. The lowest BCUT2D eigenvalue weighted by atomic mass is 9.95. The van der Waals surface area contributed by atoms with Gasteiger partial charge in [-0.05, 0) is 19.8 Å². The lowest BCUT2D eigenvalue weighted by Crippen LogP contribution is -2.40. The summed E-state index contributed by atoms with van der Waals surface area (Å²) in [6, 6.07) is 7.73. The molecule has 1 aromatic rings. The van der Waals surface area contributed by atoms with E-state index in [2.05, 4.69) is 5.32 Å². The molecule has 1 atom stereocenters. The first kappa shape index (κ1) is 15.5. The van der Waals surface area contributed by atoms with Gasteiger partial charge in [0.15, 0.2) is 0 Å². The molecule has 1 fully saturated rings. The summed E-state index contributed by atoms with van der Waals surface area (Å²) in [6.07, 6.45) is 4.68. The monoisotopic (exact) mass is 289 g/mol. The third-order valence-corrected chi connectivity index (χ3v) is 3.82. The molecule has 2 rings (SSSR count). The Morgan fingerprint density at radius 2 is 1.95 bits per heavy atom. The minimum absolute atomic E-state index is 0.203. The number of rotatable bonds is 4. The van der Waals surface area contributed by atoms with Gasteiger partial charge in [0.2, 0.25) is 6.10 Å². The van der Waals surface area contributed by atoms with Crippen molar-refractivity contribution in [2.45, 2.75) is 58.1 Å². The Bertz CT molecular complexity index is 507. The molecule has 0 saturated heterocycles. The minimum Gasteiger partial charge on any atom is -0.447 e. The Kier molecular flexibility index (Phi) is 5.37. The van der Waals surface area contributed by atoms with Gasteiger partial charge >= 0.3 is 5.97 Å². The third kappa shape index (κ3) is 4.59. The molecule has 0 aliphatic heterocycles. The van der Waals surface area contributed by atoms with Gasteiger partial charge in [0.05, 0.1) is 0 Å². The van der Waals surface area contributed by atoms with Gasteiger partial charge in [0.1, 0.15) is 0 Å². The summed E-state index contributed by atoms with van der Waals surface area (Å²) in [6.45, 7) is 3.28. The molecule has 114 valence electrons. The van der Waals surface area contributed by atoms with Crippen LogP contribution >= 0.6 is 0 Å². The molecule has 21 heavy (non-hydrogen) atoms. The maximum Gasteiger partial charge on any atom is 0.303 e. The summed E-state index contributed by atoms with van der Waals surface area (Å²) in [7, 11) is 0. The van der Waals surface area contributed by atoms with Crippen LogP contribution in [0.4, 0.5) is 0 Å². The van der Waals surface area contributed by atoms with Gasteiger partial charge in [-0.3, -0.25) is 9.59 Å². The van der Waals surface area contributed by atoms with Crippen molar-refractivity contribution in [2.24, 2.45) is 0 Å². The van der Waals surface area contributed by atoms with Gasteiger partial charge < -0.3 is 10.1 Å². The molecule has 1 aliphatic rings. The van der Waals surface area contributed by atoms with Gasteiger partial charge in [-0.25, -0.2) is 0 Å². The lowest BCUT2D eigenvalue weighted by Gasteiger charge is -2.25. The van der Waals surface area contributed by atoms with E-state index in [1.54, 1.807) is 0 Å². The van der Waals surface area contributed by atoms with Gasteiger partial charge in [0, 0.05) is 18.5 Å². The summed E-state index contributed by atoms with van der Waals surface area (Å²) >= 11 is 0. The lowest BCUT2D eigenvalue weighted by molar-refractivity contribution is -0.154. The predicted molar refractivity (Wildman–Crippen MR) is 80.7 cm³/mol.